The van der Waals surface area contributed by atoms with Crippen LogP contribution >= 0.6 is 0 Å². The molecule has 0 aliphatic heterocycles. The van der Waals surface area contributed by atoms with Crippen molar-refractivity contribution in [3.8, 4) is 46.5 Å². The van der Waals surface area contributed by atoms with Gasteiger partial charge in [0, 0.05) is 22.3 Å². The second-order valence-corrected chi connectivity index (χ2v) is 11.6. The summed E-state index contributed by atoms with van der Waals surface area (Å²) >= 11 is 0. The molecule has 0 unspecified atom stereocenters. The third-order valence-corrected chi connectivity index (χ3v) is 8.47. The Morgan fingerprint density at radius 1 is 0.431 bits per heavy atom. The Kier molecular flexibility index (Phi) is 7.93. The molecule has 2 aliphatic carbocycles. The molecule has 0 N–H and O–H groups in total. The number of aryl methyl sites for hydroxylation is 1. The van der Waals surface area contributed by atoms with Gasteiger partial charge in [-0.25, -0.2) is 0 Å². The van der Waals surface area contributed by atoms with Crippen molar-refractivity contribution in [3.63, 3.8) is 0 Å². The van der Waals surface area contributed by atoms with E-state index in [1.807, 2.05) is 0 Å². The number of alkyl halides is 9. The van der Waals surface area contributed by atoms with E-state index in [0.717, 1.165) is 12.1 Å². The lowest BCUT2D eigenvalue weighted by atomic mass is 9.86. The first-order valence-electron chi connectivity index (χ1n) is 14.5. The summed E-state index contributed by atoms with van der Waals surface area (Å²) in [6.07, 6.45) is -14.9. The molecule has 4 aromatic carbocycles. The standard InChI is InChI=1S/C38H15F9N4/c1-18-6-21(8-25(7-18)36(39,40)41)19-2-4-28-30(11-19)32(23(14-48)15-49)35-29-5-3-20(12-31(29)33(34(28)35)24(16-50)17-51)22-9-26(37(42,43)44)13-27(10-22)38(45,46)47/h2-13H,1H3. The summed E-state index contributed by atoms with van der Waals surface area (Å²) in [7, 11) is 0. The first-order valence-corrected chi connectivity index (χ1v) is 14.5. The van der Waals surface area contributed by atoms with Crippen LogP contribution in [0.25, 0.3) is 44.5 Å². The van der Waals surface area contributed by atoms with Gasteiger partial charge in [-0.05, 0) is 99.5 Å². The molecule has 0 amide bonds. The normalized spacial score (nSPS) is 13.5. The van der Waals surface area contributed by atoms with Crippen LogP contribution in [0.15, 0.2) is 83.9 Å². The molecule has 0 saturated carbocycles. The molecule has 0 fully saturated rings. The fraction of sp³-hybridized carbons (Fsp3) is 0.105. The molecule has 4 nitrogen and oxygen atoms in total. The molecule has 0 atom stereocenters. The summed E-state index contributed by atoms with van der Waals surface area (Å²) in [6, 6.07) is 19.8. The number of nitriles is 4. The van der Waals surface area contributed by atoms with Crippen molar-refractivity contribution in [1.82, 2.24) is 0 Å². The maximum Gasteiger partial charge on any atom is 0.416 e. The molecule has 2 aliphatic rings. The summed E-state index contributed by atoms with van der Waals surface area (Å²) in [5.74, 6) is 0. The molecule has 6 rings (SSSR count). The van der Waals surface area contributed by atoms with Crippen molar-refractivity contribution in [3.05, 3.63) is 128 Å². The number of hydrogen-bond donors (Lipinski definition) is 0. The van der Waals surface area contributed by atoms with Crippen LogP contribution in [0.2, 0.25) is 0 Å². The highest BCUT2D eigenvalue weighted by atomic mass is 19.4. The van der Waals surface area contributed by atoms with Crippen LogP contribution in [-0.4, -0.2) is 0 Å². The number of allylic oxidation sites excluding steroid dienone is 6. The second kappa shape index (κ2) is 11.8. The summed E-state index contributed by atoms with van der Waals surface area (Å²) in [5, 5.41) is 40.0. The van der Waals surface area contributed by atoms with Crippen molar-refractivity contribution in [1.29, 1.82) is 21.0 Å². The Labute approximate surface area is 283 Å². The van der Waals surface area contributed by atoms with Gasteiger partial charge in [-0.15, -0.1) is 0 Å². The highest BCUT2D eigenvalue weighted by Gasteiger charge is 2.41. The molecule has 250 valence electrons. The van der Waals surface area contributed by atoms with E-state index in [2.05, 4.69) is 0 Å². The maximum atomic E-state index is 13.7. The zero-order chi connectivity index (χ0) is 37.2. The Balaban J connectivity index is 1.62. The van der Waals surface area contributed by atoms with Crippen LogP contribution in [-0.2, 0) is 18.5 Å². The fourth-order valence-corrected chi connectivity index (χ4v) is 6.38. The van der Waals surface area contributed by atoms with Crippen LogP contribution < -0.4 is 0 Å². The quantitative estimate of drug-likeness (QED) is 0.154. The number of fused-ring (bicyclic) bond motifs is 4. The smallest absolute Gasteiger partial charge is 0.192 e. The molecule has 0 bridgehead atoms. The Morgan fingerprint density at radius 2 is 0.784 bits per heavy atom. The minimum Gasteiger partial charge on any atom is -0.192 e. The average Bonchev–Trinajstić information content (AvgIpc) is 3.56. The molecule has 4 aromatic rings. The first-order chi connectivity index (χ1) is 23.9. The molecule has 13 heteroatoms. The molecular weight excluding hydrogens is 683 g/mol. The van der Waals surface area contributed by atoms with Crippen LogP contribution in [0.1, 0.15) is 44.5 Å². The van der Waals surface area contributed by atoms with Crippen molar-refractivity contribution in [2.24, 2.45) is 0 Å². The van der Waals surface area contributed by atoms with E-state index in [1.165, 1.54) is 49.4 Å². The van der Waals surface area contributed by atoms with Crippen molar-refractivity contribution >= 4 is 22.3 Å². The first kappa shape index (κ1) is 34.3. The lowest BCUT2D eigenvalue weighted by Gasteiger charge is -2.17. The third kappa shape index (κ3) is 5.79. The van der Waals surface area contributed by atoms with E-state index in [4.69, 9.17) is 0 Å². The van der Waals surface area contributed by atoms with Gasteiger partial charge in [-0.2, -0.15) is 60.6 Å². The van der Waals surface area contributed by atoms with Crippen LogP contribution in [0.5, 0.6) is 0 Å². The van der Waals surface area contributed by atoms with Crippen molar-refractivity contribution < 1.29 is 39.5 Å². The Hall–Kier alpha value is -6.57. The summed E-state index contributed by atoms with van der Waals surface area (Å²) in [6.45, 7) is 1.48. The van der Waals surface area contributed by atoms with Crippen LogP contribution in [0.3, 0.4) is 0 Å². The van der Waals surface area contributed by atoms with E-state index in [0.29, 0.717) is 17.7 Å². The summed E-state index contributed by atoms with van der Waals surface area (Å²) < 4.78 is 123. The van der Waals surface area contributed by atoms with E-state index < -0.39 is 51.9 Å². The molecule has 0 saturated heterocycles. The van der Waals surface area contributed by atoms with Crippen LogP contribution in [0, 0.1) is 52.2 Å². The molecular formula is C38H15F9N4. The van der Waals surface area contributed by atoms with E-state index in [1.54, 1.807) is 24.3 Å². The highest BCUT2D eigenvalue weighted by molar-refractivity contribution is 6.38. The summed E-state index contributed by atoms with van der Waals surface area (Å²) in [5.41, 5.74) is -3.67. The zero-order valence-electron chi connectivity index (χ0n) is 25.6. The second-order valence-electron chi connectivity index (χ2n) is 11.6. The highest BCUT2D eigenvalue weighted by Crippen LogP contribution is 2.60. The fourth-order valence-electron chi connectivity index (χ4n) is 6.38. The predicted molar refractivity (Wildman–Crippen MR) is 167 cm³/mol. The topological polar surface area (TPSA) is 95.2 Å². The number of halogens is 9. The van der Waals surface area contributed by atoms with Gasteiger partial charge in [-0.1, -0.05) is 30.3 Å². The van der Waals surface area contributed by atoms with Crippen molar-refractivity contribution in [2.75, 3.05) is 0 Å². The van der Waals surface area contributed by atoms with E-state index >= 15 is 0 Å². The van der Waals surface area contributed by atoms with Gasteiger partial charge in [0.15, 0.2) is 0 Å². The van der Waals surface area contributed by atoms with Gasteiger partial charge in [0.2, 0.25) is 0 Å². The summed E-state index contributed by atoms with van der Waals surface area (Å²) in [4.78, 5) is 0. The molecule has 0 spiro atoms. The van der Waals surface area contributed by atoms with E-state index in [-0.39, 0.29) is 67.3 Å². The largest absolute Gasteiger partial charge is 0.416 e. The average molecular weight is 699 g/mol. The monoisotopic (exact) mass is 698 g/mol. The predicted octanol–water partition coefficient (Wildman–Crippen LogP) is 10.9. The minimum atomic E-state index is -5.13. The van der Waals surface area contributed by atoms with Gasteiger partial charge in [0.25, 0.3) is 0 Å². The molecule has 51 heavy (non-hydrogen) atoms. The molecule has 0 aromatic heterocycles. The third-order valence-electron chi connectivity index (χ3n) is 8.47. The minimum absolute atomic E-state index is 0.0178. The maximum absolute atomic E-state index is 13.7. The lowest BCUT2D eigenvalue weighted by Crippen LogP contribution is -2.11. The number of rotatable bonds is 2. The van der Waals surface area contributed by atoms with Gasteiger partial charge in [0.1, 0.15) is 35.4 Å². The molecule has 0 radical (unpaired) electrons. The Morgan fingerprint density at radius 3 is 1.14 bits per heavy atom. The lowest BCUT2D eigenvalue weighted by molar-refractivity contribution is -0.143. The number of hydrogen-bond acceptors (Lipinski definition) is 4. The molecule has 0 heterocycles. The Bertz CT molecular complexity index is 2420. The number of benzene rings is 4. The number of nitrogens with zero attached hydrogens (tertiary/aromatic N) is 4. The van der Waals surface area contributed by atoms with E-state index in [9.17, 15) is 60.6 Å². The zero-order valence-corrected chi connectivity index (χ0v) is 25.6. The van der Waals surface area contributed by atoms with Gasteiger partial charge >= 0.3 is 18.5 Å². The van der Waals surface area contributed by atoms with Gasteiger partial charge in [-0.3, -0.25) is 0 Å². The van der Waals surface area contributed by atoms with Gasteiger partial charge < -0.3 is 0 Å². The van der Waals surface area contributed by atoms with Gasteiger partial charge in [0.05, 0.1) is 16.7 Å². The van der Waals surface area contributed by atoms with Crippen LogP contribution in [0.4, 0.5) is 39.5 Å². The van der Waals surface area contributed by atoms with Crippen molar-refractivity contribution in [2.45, 2.75) is 25.5 Å². The SMILES string of the molecule is Cc1cc(-c2ccc3c(c2)C(=C(C#N)C#N)C2=C3C(=C(C#N)C#N)c3cc(-c4cc(C(F)(F)F)cc(C(F)(F)F)c4)ccc32)cc(C(F)(F)F)c1.